The molecule has 1 atom stereocenters. The zero-order valence-corrected chi connectivity index (χ0v) is 20.1. The van der Waals surface area contributed by atoms with Gasteiger partial charge in [0.05, 0.1) is 6.54 Å². The highest BCUT2D eigenvalue weighted by molar-refractivity contribution is 5.95. The Balaban J connectivity index is 1.50. The van der Waals surface area contributed by atoms with Gasteiger partial charge in [0.25, 0.3) is 0 Å². The predicted molar refractivity (Wildman–Crippen MR) is 139 cm³/mol. The fourth-order valence-corrected chi connectivity index (χ4v) is 4.93. The van der Waals surface area contributed by atoms with E-state index in [9.17, 15) is 4.79 Å². The van der Waals surface area contributed by atoms with Crippen LogP contribution >= 0.6 is 0 Å². The number of carbonyl (C=O) groups excluding carboxylic acids is 1. The van der Waals surface area contributed by atoms with Gasteiger partial charge in [-0.1, -0.05) is 60.7 Å². The number of carbonyl (C=O) groups is 1. The summed E-state index contributed by atoms with van der Waals surface area (Å²) in [6.45, 7) is 3.32. The standard InChI is InChI=1S/C29H36N4O/c1-22(30)18-23-12-14-26(15-13-23)29(34)33(21-25-10-6-3-7-11-25)27-16-17-31-28(19-27)32-20-24-8-4-2-5-9-24/h2-11,16-17,19,22-23,26H,12-15,18,20-21,30H2,1H3,(H,31,32). The van der Waals surface area contributed by atoms with Crippen molar-refractivity contribution in [3.8, 4) is 0 Å². The molecule has 1 heterocycles. The quantitative estimate of drug-likeness (QED) is 0.429. The van der Waals surface area contributed by atoms with E-state index >= 15 is 0 Å². The van der Waals surface area contributed by atoms with Gasteiger partial charge >= 0.3 is 0 Å². The van der Waals surface area contributed by atoms with Gasteiger partial charge in [0.2, 0.25) is 5.91 Å². The molecule has 1 aliphatic carbocycles. The van der Waals surface area contributed by atoms with Crippen LogP contribution in [-0.2, 0) is 17.9 Å². The van der Waals surface area contributed by atoms with Gasteiger partial charge in [0.1, 0.15) is 5.82 Å². The molecule has 1 aromatic heterocycles. The number of nitrogens with zero attached hydrogens (tertiary/aromatic N) is 2. The number of aromatic nitrogens is 1. The molecule has 0 aliphatic heterocycles. The lowest BCUT2D eigenvalue weighted by Crippen LogP contribution is -2.38. The Kier molecular flexibility index (Phi) is 8.31. The monoisotopic (exact) mass is 456 g/mol. The normalized spacial score (nSPS) is 18.8. The average Bonchev–Trinajstić information content (AvgIpc) is 2.87. The Bertz CT molecular complexity index is 1030. The van der Waals surface area contributed by atoms with Crippen LogP contribution < -0.4 is 16.0 Å². The molecule has 3 N–H and O–H groups in total. The van der Waals surface area contributed by atoms with Crippen LogP contribution in [0.4, 0.5) is 11.5 Å². The number of anilines is 2. The van der Waals surface area contributed by atoms with Crippen LogP contribution in [0.2, 0.25) is 0 Å². The fraction of sp³-hybridized carbons (Fsp3) is 0.379. The number of hydrogen-bond acceptors (Lipinski definition) is 4. The van der Waals surface area contributed by atoms with Crippen molar-refractivity contribution in [3.63, 3.8) is 0 Å². The van der Waals surface area contributed by atoms with E-state index in [4.69, 9.17) is 5.73 Å². The van der Waals surface area contributed by atoms with Crippen molar-refractivity contribution in [2.24, 2.45) is 17.6 Å². The Morgan fingerprint density at radius 3 is 2.29 bits per heavy atom. The van der Waals surface area contributed by atoms with E-state index in [0.717, 1.165) is 49.2 Å². The van der Waals surface area contributed by atoms with Crippen molar-refractivity contribution in [2.45, 2.75) is 58.2 Å². The molecule has 5 nitrogen and oxygen atoms in total. The highest BCUT2D eigenvalue weighted by Gasteiger charge is 2.30. The maximum absolute atomic E-state index is 13.8. The predicted octanol–water partition coefficient (Wildman–Crippen LogP) is 5.77. The lowest BCUT2D eigenvalue weighted by molar-refractivity contribution is -0.123. The zero-order chi connectivity index (χ0) is 23.8. The molecule has 1 amide bonds. The van der Waals surface area contributed by atoms with Crippen LogP contribution in [0.3, 0.4) is 0 Å². The second-order valence-electron chi connectivity index (χ2n) is 9.58. The highest BCUT2D eigenvalue weighted by Crippen LogP contribution is 2.34. The summed E-state index contributed by atoms with van der Waals surface area (Å²) in [6.07, 6.45) is 6.87. The largest absolute Gasteiger partial charge is 0.366 e. The number of nitrogens with one attached hydrogen (secondary N) is 1. The maximum Gasteiger partial charge on any atom is 0.230 e. The van der Waals surface area contributed by atoms with E-state index in [1.54, 1.807) is 6.20 Å². The van der Waals surface area contributed by atoms with E-state index < -0.39 is 0 Å². The molecule has 1 aliphatic rings. The first-order chi connectivity index (χ1) is 16.6. The molecule has 1 unspecified atom stereocenters. The molecule has 34 heavy (non-hydrogen) atoms. The molecule has 0 saturated heterocycles. The summed E-state index contributed by atoms with van der Waals surface area (Å²) in [6, 6.07) is 24.6. The third-order valence-corrected chi connectivity index (χ3v) is 6.72. The molecule has 5 heteroatoms. The molecule has 0 radical (unpaired) electrons. The first kappa shape index (κ1) is 24.0. The van der Waals surface area contributed by atoms with Crippen molar-refractivity contribution in [2.75, 3.05) is 10.2 Å². The lowest BCUT2D eigenvalue weighted by Gasteiger charge is -2.33. The Labute approximate surface area is 203 Å². The van der Waals surface area contributed by atoms with Gasteiger partial charge in [-0.15, -0.1) is 0 Å². The Morgan fingerprint density at radius 2 is 1.65 bits per heavy atom. The molecule has 0 spiro atoms. The van der Waals surface area contributed by atoms with E-state index in [0.29, 0.717) is 19.0 Å². The minimum Gasteiger partial charge on any atom is -0.366 e. The van der Waals surface area contributed by atoms with Gasteiger partial charge < -0.3 is 16.0 Å². The van der Waals surface area contributed by atoms with Crippen LogP contribution in [0.1, 0.15) is 50.2 Å². The third-order valence-electron chi connectivity index (χ3n) is 6.72. The number of pyridine rings is 1. The van der Waals surface area contributed by atoms with Crippen molar-refractivity contribution in [3.05, 3.63) is 90.1 Å². The molecule has 1 fully saturated rings. The average molecular weight is 457 g/mol. The van der Waals surface area contributed by atoms with Gasteiger partial charge in [-0.05, 0) is 62.1 Å². The fourth-order valence-electron chi connectivity index (χ4n) is 4.93. The number of nitrogens with two attached hydrogens (primary N) is 1. The van der Waals surface area contributed by atoms with Crippen LogP contribution in [0, 0.1) is 11.8 Å². The summed E-state index contributed by atoms with van der Waals surface area (Å²) >= 11 is 0. The molecule has 4 rings (SSSR count). The molecular formula is C29H36N4O. The number of amides is 1. The van der Waals surface area contributed by atoms with E-state index in [1.807, 2.05) is 53.4 Å². The van der Waals surface area contributed by atoms with Crippen molar-refractivity contribution < 1.29 is 4.79 Å². The third kappa shape index (κ3) is 6.67. The molecule has 178 valence electrons. The SMILES string of the molecule is CC(N)CC1CCC(C(=O)N(Cc2ccccc2)c2ccnc(NCc3ccccc3)c2)CC1. The second-order valence-corrected chi connectivity index (χ2v) is 9.58. The summed E-state index contributed by atoms with van der Waals surface area (Å²) in [5, 5.41) is 3.40. The van der Waals surface area contributed by atoms with E-state index in [-0.39, 0.29) is 17.9 Å². The van der Waals surface area contributed by atoms with E-state index in [1.165, 1.54) is 5.56 Å². The Hall–Kier alpha value is -3.18. The number of rotatable bonds is 9. The van der Waals surface area contributed by atoms with Crippen molar-refractivity contribution in [1.29, 1.82) is 0 Å². The molecule has 1 saturated carbocycles. The second kappa shape index (κ2) is 11.8. The van der Waals surface area contributed by atoms with Gasteiger partial charge in [0, 0.05) is 36.5 Å². The van der Waals surface area contributed by atoms with Crippen molar-refractivity contribution >= 4 is 17.4 Å². The number of hydrogen-bond donors (Lipinski definition) is 2. The molecule has 0 bridgehead atoms. The first-order valence-corrected chi connectivity index (χ1v) is 12.4. The number of benzene rings is 2. The molecule has 2 aromatic carbocycles. The minimum atomic E-state index is 0.0573. The van der Waals surface area contributed by atoms with Gasteiger partial charge in [0.15, 0.2) is 0 Å². The lowest BCUT2D eigenvalue weighted by atomic mass is 9.79. The smallest absolute Gasteiger partial charge is 0.230 e. The summed E-state index contributed by atoms with van der Waals surface area (Å²) in [4.78, 5) is 20.2. The summed E-state index contributed by atoms with van der Waals surface area (Å²) < 4.78 is 0. The molecule has 3 aromatic rings. The summed E-state index contributed by atoms with van der Waals surface area (Å²) in [5.41, 5.74) is 9.22. The van der Waals surface area contributed by atoms with Gasteiger partial charge in [-0.2, -0.15) is 0 Å². The van der Waals surface area contributed by atoms with Crippen LogP contribution in [-0.4, -0.2) is 16.9 Å². The van der Waals surface area contributed by atoms with Crippen LogP contribution in [0.15, 0.2) is 79.0 Å². The summed E-state index contributed by atoms with van der Waals surface area (Å²) in [5.74, 6) is 1.68. The Morgan fingerprint density at radius 1 is 1.00 bits per heavy atom. The first-order valence-electron chi connectivity index (χ1n) is 12.4. The van der Waals surface area contributed by atoms with Crippen LogP contribution in [0.5, 0.6) is 0 Å². The van der Waals surface area contributed by atoms with Gasteiger partial charge in [-0.3, -0.25) is 4.79 Å². The highest BCUT2D eigenvalue weighted by atomic mass is 16.2. The zero-order valence-electron chi connectivity index (χ0n) is 20.1. The van der Waals surface area contributed by atoms with Gasteiger partial charge in [-0.25, -0.2) is 4.98 Å². The van der Waals surface area contributed by atoms with Crippen LogP contribution in [0.25, 0.3) is 0 Å². The summed E-state index contributed by atoms with van der Waals surface area (Å²) in [7, 11) is 0. The minimum absolute atomic E-state index is 0.0573. The topological polar surface area (TPSA) is 71.2 Å². The molecular weight excluding hydrogens is 420 g/mol. The van der Waals surface area contributed by atoms with Crippen molar-refractivity contribution in [1.82, 2.24) is 4.98 Å². The van der Waals surface area contributed by atoms with E-state index in [2.05, 4.69) is 41.5 Å². The maximum atomic E-state index is 13.8.